The smallest absolute Gasteiger partial charge is 0.128 e. The fourth-order valence-electron chi connectivity index (χ4n) is 2.56. The standard InChI is InChI=1S/C14H21FN2/c1-17-8-6-11(7-9-17)14(15)13-5-3-2-4-12(13)10-16/h2-5,11,14H,6-10,16H2,1H3. The molecule has 1 fully saturated rings. The maximum atomic E-state index is 14.5. The highest BCUT2D eigenvalue weighted by atomic mass is 19.1. The van der Waals surface area contributed by atoms with Gasteiger partial charge in [0.2, 0.25) is 0 Å². The minimum Gasteiger partial charge on any atom is -0.326 e. The Balaban J connectivity index is 2.10. The zero-order chi connectivity index (χ0) is 12.3. The fourth-order valence-corrected chi connectivity index (χ4v) is 2.56. The van der Waals surface area contributed by atoms with Crippen molar-refractivity contribution >= 4 is 0 Å². The van der Waals surface area contributed by atoms with Crippen LogP contribution in [0.3, 0.4) is 0 Å². The van der Waals surface area contributed by atoms with Crippen molar-refractivity contribution in [1.29, 1.82) is 0 Å². The van der Waals surface area contributed by atoms with Crippen LogP contribution in [0.2, 0.25) is 0 Å². The van der Waals surface area contributed by atoms with Crippen molar-refractivity contribution in [2.24, 2.45) is 11.7 Å². The molecule has 17 heavy (non-hydrogen) atoms. The van der Waals surface area contributed by atoms with E-state index in [1.54, 1.807) is 0 Å². The van der Waals surface area contributed by atoms with E-state index in [9.17, 15) is 4.39 Å². The second-order valence-corrected chi connectivity index (χ2v) is 4.95. The van der Waals surface area contributed by atoms with Crippen molar-refractivity contribution in [2.75, 3.05) is 20.1 Å². The highest BCUT2D eigenvalue weighted by molar-refractivity contribution is 5.29. The molecule has 0 spiro atoms. The number of hydrogen-bond donors (Lipinski definition) is 1. The molecule has 2 rings (SSSR count). The molecular formula is C14H21FN2. The molecule has 0 radical (unpaired) electrons. The first-order valence-electron chi connectivity index (χ1n) is 6.33. The van der Waals surface area contributed by atoms with Gasteiger partial charge in [-0.3, -0.25) is 0 Å². The van der Waals surface area contributed by atoms with Crippen LogP contribution in [-0.2, 0) is 6.54 Å². The second-order valence-electron chi connectivity index (χ2n) is 4.95. The minimum absolute atomic E-state index is 0.152. The van der Waals surface area contributed by atoms with Gasteiger partial charge >= 0.3 is 0 Å². The van der Waals surface area contributed by atoms with Gasteiger partial charge in [0.1, 0.15) is 6.17 Å². The maximum Gasteiger partial charge on any atom is 0.128 e. The molecule has 1 atom stereocenters. The number of nitrogens with two attached hydrogens (primary N) is 1. The number of benzene rings is 1. The number of likely N-dealkylation sites (tertiary alicyclic amines) is 1. The van der Waals surface area contributed by atoms with Crippen LogP contribution in [0, 0.1) is 5.92 Å². The van der Waals surface area contributed by atoms with Gasteiger partial charge in [-0.25, -0.2) is 4.39 Å². The molecular weight excluding hydrogens is 215 g/mol. The van der Waals surface area contributed by atoms with Crippen molar-refractivity contribution in [3.63, 3.8) is 0 Å². The molecule has 0 amide bonds. The summed E-state index contributed by atoms with van der Waals surface area (Å²) >= 11 is 0. The monoisotopic (exact) mass is 236 g/mol. The first kappa shape index (κ1) is 12.5. The van der Waals surface area contributed by atoms with Crippen molar-refractivity contribution in [2.45, 2.75) is 25.6 Å². The van der Waals surface area contributed by atoms with Crippen molar-refractivity contribution in [3.05, 3.63) is 35.4 Å². The van der Waals surface area contributed by atoms with E-state index in [-0.39, 0.29) is 5.92 Å². The Bertz CT molecular complexity index is 359. The molecule has 0 saturated carbocycles. The lowest BCUT2D eigenvalue weighted by molar-refractivity contribution is 0.136. The Morgan fingerprint density at radius 1 is 1.35 bits per heavy atom. The molecule has 1 saturated heterocycles. The minimum atomic E-state index is -0.858. The third-order valence-corrected chi connectivity index (χ3v) is 3.75. The van der Waals surface area contributed by atoms with Gasteiger partial charge < -0.3 is 10.6 Å². The molecule has 1 aliphatic rings. The molecule has 2 N–H and O–H groups in total. The quantitative estimate of drug-likeness (QED) is 0.873. The summed E-state index contributed by atoms with van der Waals surface area (Å²) in [6.45, 7) is 2.41. The SMILES string of the molecule is CN1CCC(C(F)c2ccccc2CN)CC1. The van der Waals surface area contributed by atoms with Crippen LogP contribution in [0.1, 0.15) is 30.1 Å². The molecule has 0 aromatic heterocycles. The first-order valence-corrected chi connectivity index (χ1v) is 6.33. The average molecular weight is 236 g/mol. The first-order chi connectivity index (χ1) is 8.22. The Morgan fingerprint density at radius 2 is 2.00 bits per heavy atom. The summed E-state index contributed by atoms with van der Waals surface area (Å²) in [4.78, 5) is 2.26. The molecule has 94 valence electrons. The molecule has 0 bridgehead atoms. The zero-order valence-electron chi connectivity index (χ0n) is 10.4. The topological polar surface area (TPSA) is 29.3 Å². The fraction of sp³-hybridized carbons (Fsp3) is 0.571. The summed E-state index contributed by atoms with van der Waals surface area (Å²) < 4.78 is 14.5. The van der Waals surface area contributed by atoms with E-state index < -0.39 is 6.17 Å². The molecule has 0 aliphatic carbocycles. The van der Waals surface area contributed by atoms with Crippen LogP contribution >= 0.6 is 0 Å². The van der Waals surface area contributed by atoms with Crippen molar-refractivity contribution in [3.8, 4) is 0 Å². The van der Waals surface area contributed by atoms with E-state index in [1.165, 1.54) is 0 Å². The van der Waals surface area contributed by atoms with Gasteiger partial charge in [0, 0.05) is 6.54 Å². The van der Waals surface area contributed by atoms with Crippen LogP contribution in [0.25, 0.3) is 0 Å². The summed E-state index contributed by atoms with van der Waals surface area (Å²) in [6.07, 6.45) is 1.02. The number of alkyl halides is 1. The lowest BCUT2D eigenvalue weighted by Crippen LogP contribution is -2.32. The lowest BCUT2D eigenvalue weighted by atomic mass is 9.87. The van der Waals surface area contributed by atoms with E-state index in [4.69, 9.17) is 5.73 Å². The van der Waals surface area contributed by atoms with Crippen LogP contribution < -0.4 is 5.73 Å². The molecule has 1 aromatic rings. The second kappa shape index (κ2) is 5.61. The van der Waals surface area contributed by atoms with Gasteiger partial charge in [-0.05, 0) is 50.0 Å². The molecule has 3 heteroatoms. The van der Waals surface area contributed by atoms with Gasteiger partial charge in [0.15, 0.2) is 0 Å². The largest absolute Gasteiger partial charge is 0.326 e. The maximum absolute atomic E-state index is 14.5. The normalized spacial score (nSPS) is 20.4. The summed E-state index contributed by atoms with van der Waals surface area (Å²) in [5.41, 5.74) is 7.40. The van der Waals surface area contributed by atoms with Gasteiger partial charge in [-0.2, -0.15) is 0 Å². The van der Waals surface area contributed by atoms with Gasteiger partial charge in [0.05, 0.1) is 0 Å². The third-order valence-electron chi connectivity index (χ3n) is 3.75. The highest BCUT2D eigenvalue weighted by Gasteiger charge is 2.27. The number of hydrogen-bond acceptors (Lipinski definition) is 2. The summed E-state index contributed by atoms with van der Waals surface area (Å²) in [6, 6.07) is 7.63. The van der Waals surface area contributed by atoms with E-state index in [0.717, 1.165) is 37.1 Å². The predicted molar refractivity (Wildman–Crippen MR) is 68.4 cm³/mol. The number of nitrogens with zero attached hydrogens (tertiary/aromatic N) is 1. The van der Waals surface area contributed by atoms with Crippen LogP contribution in [0.4, 0.5) is 4.39 Å². The molecule has 1 aliphatic heterocycles. The summed E-state index contributed by atoms with van der Waals surface area (Å²) in [5, 5.41) is 0. The van der Waals surface area contributed by atoms with E-state index in [2.05, 4.69) is 11.9 Å². The molecule has 1 unspecified atom stereocenters. The van der Waals surface area contributed by atoms with Crippen LogP contribution in [0.5, 0.6) is 0 Å². The van der Waals surface area contributed by atoms with E-state index in [1.807, 2.05) is 24.3 Å². The van der Waals surface area contributed by atoms with Gasteiger partial charge in [-0.15, -0.1) is 0 Å². The summed E-state index contributed by atoms with van der Waals surface area (Å²) in [7, 11) is 2.09. The predicted octanol–water partition coefficient (Wildman–Crippen LogP) is 2.50. The Kier molecular flexibility index (Phi) is 4.13. The zero-order valence-corrected chi connectivity index (χ0v) is 10.4. The Hall–Kier alpha value is -0.930. The highest BCUT2D eigenvalue weighted by Crippen LogP contribution is 2.34. The summed E-state index contributed by atoms with van der Waals surface area (Å²) in [5.74, 6) is 0.152. The molecule has 1 aromatic carbocycles. The van der Waals surface area contributed by atoms with E-state index >= 15 is 0 Å². The number of halogens is 1. The third kappa shape index (κ3) is 2.85. The van der Waals surface area contributed by atoms with Gasteiger partial charge in [0.25, 0.3) is 0 Å². The van der Waals surface area contributed by atoms with Crippen molar-refractivity contribution < 1.29 is 4.39 Å². The Labute approximate surface area is 103 Å². The number of rotatable bonds is 3. The molecule has 1 heterocycles. The number of piperidine rings is 1. The van der Waals surface area contributed by atoms with Crippen LogP contribution in [-0.4, -0.2) is 25.0 Å². The Morgan fingerprint density at radius 3 is 2.65 bits per heavy atom. The average Bonchev–Trinajstić information content (AvgIpc) is 2.39. The molecule has 2 nitrogen and oxygen atoms in total. The van der Waals surface area contributed by atoms with E-state index in [0.29, 0.717) is 6.54 Å². The van der Waals surface area contributed by atoms with Gasteiger partial charge in [-0.1, -0.05) is 24.3 Å². The van der Waals surface area contributed by atoms with Crippen LogP contribution in [0.15, 0.2) is 24.3 Å². The van der Waals surface area contributed by atoms with Crippen molar-refractivity contribution in [1.82, 2.24) is 4.90 Å². The lowest BCUT2D eigenvalue weighted by Gasteiger charge is -2.31.